The van der Waals surface area contributed by atoms with Gasteiger partial charge in [0, 0.05) is 0 Å². The molecule has 0 aromatic carbocycles. The fourth-order valence-corrected chi connectivity index (χ4v) is 1.94. The first-order valence-electron chi connectivity index (χ1n) is 6.43. The van der Waals surface area contributed by atoms with Crippen LogP contribution in [0.4, 0.5) is 0 Å². The Labute approximate surface area is 97.9 Å². The van der Waals surface area contributed by atoms with Gasteiger partial charge in [-0.1, -0.05) is 64.4 Å². The van der Waals surface area contributed by atoms with Crippen molar-refractivity contribution >= 4 is 7.85 Å². The van der Waals surface area contributed by atoms with Gasteiger partial charge in [0.05, 0.1) is 7.85 Å². The molecule has 0 fully saturated rings. The minimum absolute atomic E-state index is 0.0588. The van der Waals surface area contributed by atoms with Crippen molar-refractivity contribution in [2.45, 2.75) is 71.5 Å². The molecule has 86 valence electrons. The molecule has 2 unspecified atom stereocenters. The van der Waals surface area contributed by atoms with Crippen LogP contribution >= 0.6 is 0 Å². The summed E-state index contributed by atoms with van der Waals surface area (Å²) >= 11 is 0. The smallest absolute Gasteiger partial charge is 0.0746 e. The maximum absolute atomic E-state index is 6.18. The van der Waals surface area contributed by atoms with E-state index in [-0.39, 0.29) is 5.31 Å². The van der Waals surface area contributed by atoms with Crippen molar-refractivity contribution in [3.8, 4) is 0 Å². The predicted molar refractivity (Wildman–Crippen MR) is 71.5 cm³/mol. The van der Waals surface area contributed by atoms with Crippen LogP contribution in [0.15, 0.2) is 12.2 Å². The van der Waals surface area contributed by atoms with E-state index in [2.05, 4.69) is 34.3 Å². The third-order valence-electron chi connectivity index (χ3n) is 3.41. The summed E-state index contributed by atoms with van der Waals surface area (Å²) in [5.41, 5.74) is 1.36. The van der Waals surface area contributed by atoms with Crippen LogP contribution in [0, 0.1) is 5.92 Å². The summed E-state index contributed by atoms with van der Waals surface area (Å²) in [7, 11) is 6.18. The van der Waals surface area contributed by atoms with Gasteiger partial charge >= 0.3 is 0 Å². The summed E-state index contributed by atoms with van der Waals surface area (Å²) in [6.45, 7) is 13.0. The summed E-state index contributed by atoms with van der Waals surface area (Å²) < 4.78 is 0. The molecule has 0 N–H and O–H groups in total. The first-order chi connectivity index (χ1) is 6.96. The van der Waals surface area contributed by atoms with E-state index in [4.69, 9.17) is 7.85 Å². The zero-order chi connectivity index (χ0) is 11.9. The summed E-state index contributed by atoms with van der Waals surface area (Å²) in [6.07, 6.45) is 7.08. The predicted octanol–water partition coefficient (Wildman–Crippen LogP) is 4.91. The zero-order valence-corrected chi connectivity index (χ0v) is 11.1. The highest BCUT2D eigenvalue weighted by atomic mass is 14.2. The molecule has 2 radical (unpaired) electrons. The molecule has 0 spiro atoms. The third-order valence-corrected chi connectivity index (χ3v) is 3.41. The highest BCUT2D eigenvalue weighted by Crippen LogP contribution is 2.37. The number of unbranched alkanes of at least 4 members (excludes halogenated alkanes) is 1. The van der Waals surface area contributed by atoms with Crippen molar-refractivity contribution in [2.75, 3.05) is 0 Å². The molecule has 0 aromatic rings. The summed E-state index contributed by atoms with van der Waals surface area (Å²) in [6, 6.07) is 0. The van der Waals surface area contributed by atoms with Crippen LogP contribution in [0.2, 0.25) is 5.31 Å². The highest BCUT2D eigenvalue weighted by molar-refractivity contribution is 6.15. The van der Waals surface area contributed by atoms with Crippen molar-refractivity contribution in [1.82, 2.24) is 0 Å². The van der Waals surface area contributed by atoms with E-state index in [0.29, 0.717) is 5.92 Å². The lowest BCUT2D eigenvalue weighted by Crippen LogP contribution is -2.12. The number of allylic oxidation sites excluding steroid dienone is 1. The van der Waals surface area contributed by atoms with Crippen molar-refractivity contribution in [3.05, 3.63) is 12.2 Å². The maximum atomic E-state index is 6.18. The van der Waals surface area contributed by atoms with Crippen molar-refractivity contribution < 1.29 is 0 Å². The van der Waals surface area contributed by atoms with Gasteiger partial charge < -0.3 is 0 Å². The monoisotopic (exact) mass is 206 g/mol. The summed E-state index contributed by atoms with van der Waals surface area (Å²) in [4.78, 5) is 0. The van der Waals surface area contributed by atoms with Crippen molar-refractivity contribution in [1.29, 1.82) is 0 Å². The van der Waals surface area contributed by atoms with Crippen LogP contribution in [0.25, 0.3) is 0 Å². The quantitative estimate of drug-likeness (QED) is 0.391. The van der Waals surface area contributed by atoms with Gasteiger partial charge in [-0.2, -0.15) is 0 Å². The molecule has 15 heavy (non-hydrogen) atoms. The Hall–Kier alpha value is -0.195. The molecular formula is C14H27B. The minimum Gasteiger partial charge on any atom is -0.0996 e. The Morgan fingerprint density at radius 3 is 2.33 bits per heavy atom. The van der Waals surface area contributed by atoms with E-state index in [1.165, 1.54) is 31.3 Å². The van der Waals surface area contributed by atoms with Gasteiger partial charge in [-0.25, -0.2) is 0 Å². The molecule has 1 heteroatoms. The second-order valence-corrected chi connectivity index (χ2v) is 5.09. The van der Waals surface area contributed by atoms with E-state index < -0.39 is 0 Å². The lowest BCUT2D eigenvalue weighted by atomic mass is 9.63. The van der Waals surface area contributed by atoms with E-state index >= 15 is 0 Å². The van der Waals surface area contributed by atoms with Gasteiger partial charge in [0.2, 0.25) is 0 Å². The molecule has 0 aliphatic carbocycles. The van der Waals surface area contributed by atoms with Crippen LogP contribution in [-0.2, 0) is 0 Å². The SMILES string of the molecule is [B]C(C)(CC)CC(=C)C(CC)CCCC. The molecule has 0 rings (SSSR count). The molecule has 0 saturated carbocycles. The van der Waals surface area contributed by atoms with Crippen LogP contribution in [-0.4, -0.2) is 7.85 Å². The fraction of sp³-hybridized carbons (Fsp3) is 0.857. The maximum Gasteiger partial charge on any atom is 0.0746 e. The van der Waals surface area contributed by atoms with Gasteiger partial charge in [-0.05, 0) is 25.2 Å². The average molecular weight is 206 g/mol. The molecule has 0 aromatic heterocycles. The van der Waals surface area contributed by atoms with Gasteiger partial charge in [0.25, 0.3) is 0 Å². The van der Waals surface area contributed by atoms with Gasteiger partial charge in [0.15, 0.2) is 0 Å². The summed E-state index contributed by atoms with van der Waals surface area (Å²) in [5.74, 6) is 0.680. The molecular weight excluding hydrogens is 179 g/mol. The molecule has 0 amide bonds. The zero-order valence-electron chi connectivity index (χ0n) is 11.1. The molecule has 0 saturated heterocycles. The summed E-state index contributed by atoms with van der Waals surface area (Å²) in [5, 5.41) is -0.0588. The second kappa shape index (κ2) is 7.14. The number of hydrogen-bond acceptors (Lipinski definition) is 0. The van der Waals surface area contributed by atoms with Crippen LogP contribution < -0.4 is 0 Å². The lowest BCUT2D eigenvalue weighted by molar-refractivity contribution is 0.469. The first-order valence-corrected chi connectivity index (χ1v) is 6.43. The van der Waals surface area contributed by atoms with Crippen LogP contribution in [0.5, 0.6) is 0 Å². The van der Waals surface area contributed by atoms with Crippen LogP contribution in [0.1, 0.15) is 66.2 Å². The number of rotatable bonds is 8. The Bertz CT molecular complexity index is 182. The Morgan fingerprint density at radius 1 is 1.33 bits per heavy atom. The highest BCUT2D eigenvalue weighted by Gasteiger charge is 2.19. The number of hydrogen-bond donors (Lipinski definition) is 0. The second-order valence-electron chi connectivity index (χ2n) is 5.09. The molecule has 2 atom stereocenters. The average Bonchev–Trinajstić information content (AvgIpc) is 2.18. The Morgan fingerprint density at radius 2 is 1.93 bits per heavy atom. The normalized spacial score (nSPS) is 17.1. The van der Waals surface area contributed by atoms with E-state index in [1.807, 2.05) is 0 Å². The Kier molecular flexibility index (Phi) is 7.05. The topological polar surface area (TPSA) is 0 Å². The lowest BCUT2D eigenvalue weighted by Gasteiger charge is -2.28. The van der Waals surface area contributed by atoms with E-state index in [9.17, 15) is 0 Å². The largest absolute Gasteiger partial charge is 0.0996 e. The van der Waals surface area contributed by atoms with E-state index in [1.54, 1.807) is 0 Å². The Balaban J connectivity index is 4.15. The first kappa shape index (κ1) is 14.8. The molecule has 0 heterocycles. The molecule has 0 aliphatic heterocycles. The minimum atomic E-state index is -0.0588. The standard InChI is InChI=1S/C14H27B/c1-6-9-10-13(7-2)12(4)11-14(5,15)8-3/h13H,4,6-11H2,1-3,5H3. The van der Waals surface area contributed by atoms with Gasteiger partial charge in [0.1, 0.15) is 0 Å². The van der Waals surface area contributed by atoms with Gasteiger partial charge in [-0.15, -0.1) is 0 Å². The van der Waals surface area contributed by atoms with Crippen molar-refractivity contribution in [3.63, 3.8) is 0 Å². The fourth-order valence-electron chi connectivity index (χ4n) is 1.94. The molecule has 0 bridgehead atoms. The van der Waals surface area contributed by atoms with E-state index in [0.717, 1.165) is 12.8 Å². The molecule has 0 nitrogen and oxygen atoms in total. The third kappa shape index (κ3) is 6.07. The van der Waals surface area contributed by atoms with Gasteiger partial charge in [-0.3, -0.25) is 0 Å². The van der Waals surface area contributed by atoms with Crippen molar-refractivity contribution in [2.24, 2.45) is 5.92 Å². The van der Waals surface area contributed by atoms with Crippen LogP contribution in [0.3, 0.4) is 0 Å². The molecule has 0 aliphatic rings.